The minimum Gasteiger partial charge on any atom is -0.465 e. The van der Waals surface area contributed by atoms with Crippen LogP contribution >= 0.6 is 0 Å². The summed E-state index contributed by atoms with van der Waals surface area (Å²) in [6.45, 7) is 6.06. The quantitative estimate of drug-likeness (QED) is 0.917. The van der Waals surface area contributed by atoms with Crippen molar-refractivity contribution in [3.05, 3.63) is 42.0 Å². The molecule has 2 rings (SSSR count). The molecular weight excluding hydrogens is 254 g/mol. The molecule has 1 aromatic rings. The van der Waals surface area contributed by atoms with Gasteiger partial charge in [0.05, 0.1) is 12.6 Å². The smallest absolute Gasteiger partial charge is 0.409 e. The first-order valence-electron chi connectivity index (χ1n) is 6.80. The van der Waals surface area contributed by atoms with Crippen molar-refractivity contribution in [1.82, 2.24) is 4.90 Å². The van der Waals surface area contributed by atoms with Crippen molar-refractivity contribution in [2.24, 2.45) is 0 Å². The highest BCUT2D eigenvalue weighted by molar-refractivity contribution is 5.67. The Morgan fingerprint density at radius 2 is 2.10 bits per heavy atom. The van der Waals surface area contributed by atoms with Crippen LogP contribution in [0.2, 0.25) is 0 Å². The van der Waals surface area contributed by atoms with E-state index in [4.69, 9.17) is 4.74 Å². The molecule has 0 aliphatic carbocycles. The molecule has 1 aromatic carbocycles. The van der Waals surface area contributed by atoms with Crippen LogP contribution in [0.3, 0.4) is 0 Å². The van der Waals surface area contributed by atoms with Gasteiger partial charge in [-0.15, -0.1) is 0 Å². The predicted octanol–water partition coefficient (Wildman–Crippen LogP) is 3.59. The van der Waals surface area contributed by atoms with Gasteiger partial charge >= 0.3 is 6.09 Å². The molecule has 4 nitrogen and oxygen atoms in total. The molecule has 1 aliphatic heterocycles. The lowest BCUT2D eigenvalue weighted by molar-refractivity contribution is -0.0418. The molecule has 108 valence electrons. The second kappa shape index (κ2) is 5.67. The van der Waals surface area contributed by atoms with Gasteiger partial charge in [-0.05, 0) is 38.3 Å². The number of allylic oxidation sites excluding steroid dienone is 1. The second-order valence-electron chi connectivity index (χ2n) is 5.55. The Kier molecular flexibility index (Phi) is 4.14. The van der Waals surface area contributed by atoms with Gasteiger partial charge in [-0.2, -0.15) is 0 Å². The largest absolute Gasteiger partial charge is 0.465 e. The minimum atomic E-state index is -0.928. The summed E-state index contributed by atoms with van der Waals surface area (Å²) in [6, 6.07) is 9.96. The highest BCUT2D eigenvalue weighted by atomic mass is 16.5. The number of hydrogen-bond acceptors (Lipinski definition) is 2. The summed E-state index contributed by atoms with van der Waals surface area (Å²) < 4.78 is 5.58. The monoisotopic (exact) mass is 275 g/mol. The van der Waals surface area contributed by atoms with Gasteiger partial charge in [0.25, 0.3) is 0 Å². The zero-order valence-electron chi connectivity index (χ0n) is 12.2. The van der Waals surface area contributed by atoms with Crippen molar-refractivity contribution < 1.29 is 14.6 Å². The SMILES string of the molecule is C/C(=C\C[C@H]1COC(C)(C)N1C(=O)O)c1ccccc1. The van der Waals surface area contributed by atoms with E-state index in [1.165, 1.54) is 4.90 Å². The molecule has 4 heteroatoms. The standard InChI is InChI=1S/C16H21NO3/c1-12(13-7-5-4-6-8-13)9-10-14-11-20-16(2,3)17(14)15(18)19/h4-9,14H,10-11H2,1-3H3,(H,18,19)/b12-9+/t14-/m0/s1. The van der Waals surface area contributed by atoms with Gasteiger partial charge in [0.1, 0.15) is 5.72 Å². The third-order valence-electron chi connectivity index (χ3n) is 3.71. The number of benzene rings is 1. The molecule has 1 amide bonds. The zero-order chi connectivity index (χ0) is 14.8. The molecule has 20 heavy (non-hydrogen) atoms. The van der Waals surface area contributed by atoms with E-state index in [0.29, 0.717) is 13.0 Å². The Morgan fingerprint density at radius 1 is 1.45 bits per heavy atom. The lowest BCUT2D eigenvalue weighted by atomic mass is 10.0. The molecule has 1 fully saturated rings. The van der Waals surface area contributed by atoms with Crippen LogP contribution in [0.4, 0.5) is 4.79 Å². The van der Waals surface area contributed by atoms with Crippen LogP contribution in [0.5, 0.6) is 0 Å². The summed E-state index contributed by atoms with van der Waals surface area (Å²) in [4.78, 5) is 12.8. The Labute approximate surface area is 119 Å². The molecule has 0 saturated carbocycles. The molecule has 1 atom stereocenters. The maximum atomic E-state index is 11.4. The molecule has 1 saturated heterocycles. The molecule has 0 bridgehead atoms. The van der Waals surface area contributed by atoms with Gasteiger partial charge in [-0.25, -0.2) is 4.79 Å². The topological polar surface area (TPSA) is 49.8 Å². The Morgan fingerprint density at radius 3 is 2.70 bits per heavy atom. The maximum absolute atomic E-state index is 11.4. The molecule has 1 heterocycles. The van der Waals surface area contributed by atoms with Crippen molar-refractivity contribution in [3.8, 4) is 0 Å². The van der Waals surface area contributed by atoms with Crippen LogP contribution in [0, 0.1) is 0 Å². The highest BCUT2D eigenvalue weighted by Crippen LogP contribution is 2.29. The van der Waals surface area contributed by atoms with Gasteiger partial charge in [0.2, 0.25) is 0 Å². The molecule has 0 spiro atoms. The second-order valence-corrected chi connectivity index (χ2v) is 5.55. The fourth-order valence-corrected chi connectivity index (χ4v) is 2.58. The van der Waals surface area contributed by atoms with Crippen LogP contribution in [-0.4, -0.2) is 34.5 Å². The first kappa shape index (κ1) is 14.6. The fraction of sp³-hybridized carbons (Fsp3) is 0.438. The van der Waals surface area contributed by atoms with Gasteiger partial charge < -0.3 is 9.84 Å². The van der Waals surface area contributed by atoms with Crippen molar-refractivity contribution in [3.63, 3.8) is 0 Å². The molecule has 0 radical (unpaired) electrons. The van der Waals surface area contributed by atoms with E-state index in [2.05, 4.69) is 18.2 Å². The summed E-state index contributed by atoms with van der Waals surface area (Å²) in [5.74, 6) is 0. The number of hydrogen-bond donors (Lipinski definition) is 1. The minimum absolute atomic E-state index is 0.124. The summed E-state index contributed by atoms with van der Waals surface area (Å²) in [6.07, 6.45) is 1.82. The molecule has 0 unspecified atom stereocenters. The van der Waals surface area contributed by atoms with Crippen molar-refractivity contribution in [2.75, 3.05) is 6.61 Å². The number of carbonyl (C=O) groups is 1. The zero-order valence-corrected chi connectivity index (χ0v) is 12.2. The number of rotatable bonds is 3. The molecular formula is C16H21NO3. The first-order valence-corrected chi connectivity index (χ1v) is 6.80. The van der Waals surface area contributed by atoms with E-state index in [1.54, 1.807) is 13.8 Å². The van der Waals surface area contributed by atoms with Crippen molar-refractivity contribution in [2.45, 2.75) is 39.0 Å². The van der Waals surface area contributed by atoms with Crippen LogP contribution in [0.15, 0.2) is 36.4 Å². The Hall–Kier alpha value is -1.81. The number of carboxylic acid groups (broad SMARTS) is 1. The number of ether oxygens (including phenoxy) is 1. The summed E-state index contributed by atoms with van der Waals surface area (Å²) in [5.41, 5.74) is 1.57. The molecule has 0 aromatic heterocycles. The van der Waals surface area contributed by atoms with E-state index in [-0.39, 0.29) is 6.04 Å². The Balaban J connectivity index is 2.09. The van der Waals surface area contributed by atoms with Gasteiger partial charge in [0, 0.05) is 0 Å². The van der Waals surface area contributed by atoms with Crippen LogP contribution in [0.1, 0.15) is 32.8 Å². The van der Waals surface area contributed by atoms with Gasteiger partial charge in [-0.3, -0.25) is 4.90 Å². The van der Waals surface area contributed by atoms with Crippen LogP contribution in [0.25, 0.3) is 5.57 Å². The summed E-state index contributed by atoms with van der Waals surface area (Å²) in [7, 11) is 0. The van der Waals surface area contributed by atoms with Crippen molar-refractivity contribution >= 4 is 11.7 Å². The highest BCUT2D eigenvalue weighted by Gasteiger charge is 2.43. The van der Waals surface area contributed by atoms with Crippen LogP contribution in [-0.2, 0) is 4.74 Å². The lowest BCUT2D eigenvalue weighted by Gasteiger charge is -2.30. The summed E-state index contributed by atoms with van der Waals surface area (Å²) >= 11 is 0. The van der Waals surface area contributed by atoms with E-state index in [0.717, 1.165) is 11.1 Å². The van der Waals surface area contributed by atoms with E-state index < -0.39 is 11.8 Å². The van der Waals surface area contributed by atoms with Crippen LogP contribution < -0.4 is 0 Å². The third kappa shape index (κ3) is 3.02. The van der Waals surface area contributed by atoms with Crippen molar-refractivity contribution in [1.29, 1.82) is 0 Å². The average Bonchev–Trinajstić information content (AvgIpc) is 2.72. The first-order chi connectivity index (χ1) is 9.42. The molecule has 1 N–H and O–H groups in total. The normalized spacial score (nSPS) is 22.1. The van der Waals surface area contributed by atoms with Gasteiger partial charge in [-0.1, -0.05) is 36.4 Å². The van der Waals surface area contributed by atoms with E-state index >= 15 is 0 Å². The Bertz CT molecular complexity index is 508. The lowest BCUT2D eigenvalue weighted by Crippen LogP contribution is -2.47. The molecule has 1 aliphatic rings. The van der Waals surface area contributed by atoms with E-state index in [9.17, 15) is 9.90 Å². The number of nitrogens with zero attached hydrogens (tertiary/aromatic N) is 1. The number of amides is 1. The fourth-order valence-electron chi connectivity index (χ4n) is 2.58. The van der Waals surface area contributed by atoms with Gasteiger partial charge in [0.15, 0.2) is 0 Å². The summed E-state index contributed by atoms with van der Waals surface area (Å²) in [5, 5.41) is 9.33. The van der Waals surface area contributed by atoms with E-state index in [1.807, 2.05) is 25.1 Å². The average molecular weight is 275 g/mol. The maximum Gasteiger partial charge on any atom is 0.409 e. The third-order valence-corrected chi connectivity index (χ3v) is 3.71. The predicted molar refractivity (Wildman–Crippen MR) is 78.4 cm³/mol.